The van der Waals surface area contributed by atoms with Crippen molar-refractivity contribution in [1.29, 1.82) is 0 Å². The topological polar surface area (TPSA) is 108 Å². The van der Waals surface area contributed by atoms with Crippen LogP contribution < -0.4 is 10.2 Å². The smallest absolute Gasteiger partial charge is 0.268 e. The molecule has 0 aliphatic rings. The van der Waals surface area contributed by atoms with Crippen molar-refractivity contribution in [1.82, 2.24) is 5.32 Å². The second-order valence-electron chi connectivity index (χ2n) is 27.7. The third-order valence-electron chi connectivity index (χ3n) is 17.5. The summed E-state index contributed by atoms with van der Waals surface area (Å²) in [5, 5.41) is 14.0. The molecule has 0 aromatic heterocycles. The number of carbonyl (C=O) groups excluding carboxylic acids is 1. The van der Waals surface area contributed by atoms with Gasteiger partial charge in [-0.2, -0.15) is 0 Å². The third-order valence-corrected chi connectivity index (χ3v) is 18.5. The van der Waals surface area contributed by atoms with Gasteiger partial charge in [0.25, 0.3) is 7.82 Å². The number of aliphatic hydroxyl groups is 1. The van der Waals surface area contributed by atoms with Crippen LogP contribution in [-0.4, -0.2) is 68.5 Å². The number of nitrogens with one attached hydrogen (secondary N) is 1. The summed E-state index contributed by atoms with van der Waals surface area (Å²) in [5.41, 5.74) is 0. The molecule has 1 amide bonds. The van der Waals surface area contributed by atoms with Crippen LogP contribution >= 0.6 is 7.82 Å². The lowest BCUT2D eigenvalue weighted by Gasteiger charge is -2.29. The van der Waals surface area contributed by atoms with Crippen LogP contribution in [0.5, 0.6) is 0 Å². The fraction of sp³-hybridized carbons (Fsp3) is 0.793. The summed E-state index contributed by atoms with van der Waals surface area (Å²) >= 11 is 0. The highest BCUT2D eigenvalue weighted by molar-refractivity contribution is 7.45. The summed E-state index contributed by atoms with van der Waals surface area (Å²) in [7, 11) is 1.25. The molecule has 2 N–H and O–H groups in total. The standard InChI is InChI=1S/C82H151N2O6P/c1-6-8-10-12-14-16-18-20-22-24-26-28-30-32-34-36-38-40-41-42-43-44-46-48-50-52-54-56-58-60-62-64-66-68-70-72-74-76-82(86)83-80(79-90-91(87,88)89-78-77-84(3,4)5)81(85)75-73-71-69-67-65-63-61-59-57-55-53-51-49-47-45-39-37-35-33-31-29-27-25-23-21-19-17-15-13-11-9-7-2/h8,10,14,16,20,22,26,28,32,34,38,40,65,67,73,75,80-81,85H,6-7,9,11-13,15,17-19,21,23-25,27,29-31,33,35-37,39,41-64,66,68-72,74,76-79H2,1-5H3,(H-,83,86,87,88)/b10-8-,16-14-,22-20-,28-26-,34-32-,40-38-,67-65+,75-73+. The molecule has 0 aliphatic carbocycles. The van der Waals surface area contributed by atoms with Crippen molar-refractivity contribution in [3.8, 4) is 0 Å². The number of nitrogens with zero attached hydrogens (tertiary/aromatic N) is 1. The molecule has 3 unspecified atom stereocenters. The molecule has 530 valence electrons. The molecule has 3 atom stereocenters. The molecular weight excluding hydrogens is 1140 g/mol. The van der Waals surface area contributed by atoms with Crippen LogP contribution in [0.4, 0.5) is 0 Å². The van der Waals surface area contributed by atoms with Crippen molar-refractivity contribution in [2.24, 2.45) is 0 Å². The average molecular weight is 1290 g/mol. The van der Waals surface area contributed by atoms with Crippen molar-refractivity contribution in [2.75, 3.05) is 40.9 Å². The van der Waals surface area contributed by atoms with E-state index < -0.39 is 26.6 Å². The second-order valence-corrected chi connectivity index (χ2v) is 29.1. The highest BCUT2D eigenvalue weighted by Gasteiger charge is 2.23. The van der Waals surface area contributed by atoms with Crippen molar-refractivity contribution in [3.63, 3.8) is 0 Å². The molecule has 0 aromatic carbocycles. The summed E-state index contributed by atoms with van der Waals surface area (Å²) < 4.78 is 23.5. The van der Waals surface area contributed by atoms with E-state index in [9.17, 15) is 19.4 Å². The predicted molar refractivity (Wildman–Crippen MR) is 399 cm³/mol. The van der Waals surface area contributed by atoms with Crippen molar-refractivity contribution in [3.05, 3.63) is 97.2 Å². The number of allylic oxidation sites excluding steroid dienone is 15. The van der Waals surface area contributed by atoms with Gasteiger partial charge in [0.15, 0.2) is 0 Å². The number of amides is 1. The summed E-state index contributed by atoms with van der Waals surface area (Å²) in [6.07, 6.45) is 104. The van der Waals surface area contributed by atoms with Gasteiger partial charge in [-0.25, -0.2) is 0 Å². The number of phosphoric ester groups is 1. The molecule has 0 saturated carbocycles. The number of carbonyl (C=O) groups is 1. The molecule has 0 heterocycles. The van der Waals surface area contributed by atoms with Gasteiger partial charge in [0, 0.05) is 6.42 Å². The Hall–Kier alpha value is -2.58. The second kappa shape index (κ2) is 71.7. The van der Waals surface area contributed by atoms with E-state index in [2.05, 4.69) is 104 Å². The molecule has 0 rings (SSSR count). The van der Waals surface area contributed by atoms with E-state index in [-0.39, 0.29) is 12.5 Å². The number of unbranched alkanes of at least 4 members (excludes halogenated alkanes) is 45. The molecule has 0 aromatic rings. The Kier molecular flexibility index (Phi) is 69.7. The normalized spacial score (nSPS) is 14.1. The zero-order chi connectivity index (χ0) is 66.2. The van der Waals surface area contributed by atoms with Crippen molar-refractivity contribution >= 4 is 13.7 Å². The first-order chi connectivity index (χ1) is 44.5. The van der Waals surface area contributed by atoms with Gasteiger partial charge in [-0.1, -0.05) is 374 Å². The minimum absolute atomic E-state index is 0.00788. The van der Waals surface area contributed by atoms with Crippen LogP contribution in [0.25, 0.3) is 0 Å². The summed E-state index contributed by atoms with van der Waals surface area (Å²) in [4.78, 5) is 25.7. The quantitative estimate of drug-likeness (QED) is 0.0272. The van der Waals surface area contributed by atoms with Gasteiger partial charge in [-0.15, -0.1) is 0 Å². The number of rotatable bonds is 72. The lowest BCUT2D eigenvalue weighted by molar-refractivity contribution is -0.870. The molecule has 0 spiro atoms. The Bertz CT molecular complexity index is 1810. The van der Waals surface area contributed by atoms with Crippen LogP contribution in [0.3, 0.4) is 0 Å². The fourth-order valence-electron chi connectivity index (χ4n) is 11.5. The van der Waals surface area contributed by atoms with E-state index in [0.717, 1.165) is 77.0 Å². The van der Waals surface area contributed by atoms with Gasteiger partial charge in [-0.3, -0.25) is 9.36 Å². The number of hydrogen-bond acceptors (Lipinski definition) is 6. The average Bonchev–Trinajstić information content (AvgIpc) is 3.42. The van der Waals surface area contributed by atoms with Gasteiger partial charge in [-0.05, 0) is 83.5 Å². The molecule has 0 saturated heterocycles. The zero-order valence-corrected chi connectivity index (χ0v) is 61.7. The van der Waals surface area contributed by atoms with Gasteiger partial charge in [0.05, 0.1) is 39.9 Å². The maximum absolute atomic E-state index is 13.1. The highest BCUT2D eigenvalue weighted by Crippen LogP contribution is 2.38. The van der Waals surface area contributed by atoms with E-state index in [0.29, 0.717) is 17.4 Å². The Labute approximate surface area is 566 Å². The van der Waals surface area contributed by atoms with Crippen LogP contribution in [0.1, 0.15) is 367 Å². The van der Waals surface area contributed by atoms with E-state index in [1.54, 1.807) is 6.08 Å². The third kappa shape index (κ3) is 74.7. The fourth-order valence-corrected chi connectivity index (χ4v) is 12.3. The SMILES string of the molecule is CC/C=C\C/C=C\C/C=C\C/C=C\C/C=C\C/C=C\CCCCCCCCCCCCCCCCCCCCC(=O)NC(COP(=O)([O-])OCC[N+](C)(C)C)C(O)/C=C/CC/C=C/CCCCCCCCCCCCCCCCCCCCCCCCCCCC. The minimum Gasteiger partial charge on any atom is -0.756 e. The molecule has 0 radical (unpaired) electrons. The highest BCUT2D eigenvalue weighted by atomic mass is 31.2. The van der Waals surface area contributed by atoms with Gasteiger partial charge in [0.1, 0.15) is 13.2 Å². The molecule has 9 heteroatoms. The first-order valence-electron chi connectivity index (χ1n) is 39.1. The number of phosphoric acid groups is 1. The van der Waals surface area contributed by atoms with E-state index in [1.807, 2.05) is 27.2 Å². The molecule has 0 fully saturated rings. The predicted octanol–water partition coefficient (Wildman–Crippen LogP) is 25.0. The van der Waals surface area contributed by atoms with Crippen molar-refractivity contribution < 1.29 is 32.9 Å². The minimum atomic E-state index is -4.62. The molecule has 0 aliphatic heterocycles. The van der Waals surface area contributed by atoms with Gasteiger partial charge in [0.2, 0.25) is 5.91 Å². The molecule has 0 bridgehead atoms. The van der Waals surface area contributed by atoms with Crippen LogP contribution in [-0.2, 0) is 18.4 Å². The molecule has 8 nitrogen and oxygen atoms in total. The maximum atomic E-state index is 13.1. The summed E-state index contributed by atoms with van der Waals surface area (Å²) in [6.45, 7) is 4.56. The lowest BCUT2D eigenvalue weighted by atomic mass is 10.0. The largest absolute Gasteiger partial charge is 0.756 e. The summed E-state index contributed by atoms with van der Waals surface area (Å²) in [5.74, 6) is -0.204. The van der Waals surface area contributed by atoms with Gasteiger partial charge >= 0.3 is 0 Å². The Balaban J connectivity index is 4.03. The number of aliphatic hydroxyl groups excluding tert-OH is 1. The Morgan fingerprint density at radius 1 is 0.396 bits per heavy atom. The van der Waals surface area contributed by atoms with Gasteiger partial charge < -0.3 is 28.8 Å². The van der Waals surface area contributed by atoms with Crippen molar-refractivity contribution in [2.45, 2.75) is 379 Å². The van der Waals surface area contributed by atoms with Crippen LogP contribution in [0, 0.1) is 0 Å². The number of likely N-dealkylation sites (N-methyl/N-ethyl adjacent to an activating group) is 1. The van der Waals surface area contributed by atoms with Crippen LogP contribution in [0.2, 0.25) is 0 Å². The lowest BCUT2D eigenvalue weighted by Crippen LogP contribution is -2.45. The van der Waals surface area contributed by atoms with E-state index >= 15 is 0 Å². The Morgan fingerprint density at radius 2 is 0.681 bits per heavy atom. The zero-order valence-electron chi connectivity index (χ0n) is 60.8. The summed E-state index contributed by atoms with van der Waals surface area (Å²) in [6, 6.07) is -0.909. The number of quaternary nitrogens is 1. The van der Waals surface area contributed by atoms with E-state index in [1.165, 1.54) is 270 Å². The number of hydrogen-bond donors (Lipinski definition) is 2. The van der Waals surface area contributed by atoms with Crippen LogP contribution in [0.15, 0.2) is 97.2 Å². The first kappa shape index (κ1) is 88.4. The monoisotopic (exact) mass is 1290 g/mol. The Morgan fingerprint density at radius 3 is 1.02 bits per heavy atom. The van der Waals surface area contributed by atoms with E-state index in [4.69, 9.17) is 9.05 Å². The first-order valence-corrected chi connectivity index (χ1v) is 40.6. The maximum Gasteiger partial charge on any atom is 0.268 e. The molecule has 91 heavy (non-hydrogen) atoms. The molecular formula is C82H151N2O6P.